The van der Waals surface area contributed by atoms with Crippen molar-refractivity contribution in [1.29, 1.82) is 0 Å². The van der Waals surface area contributed by atoms with Gasteiger partial charge in [0.15, 0.2) is 0 Å². The number of nitrogens with one attached hydrogen (secondary N) is 2. The highest BCUT2D eigenvalue weighted by Gasteiger charge is 2.56. The number of benzene rings is 1. The number of anilines is 2. The molecule has 3 N–H and O–H groups in total. The fourth-order valence-corrected chi connectivity index (χ4v) is 4.60. The minimum Gasteiger partial charge on any atom is -0.481 e. The number of fused-ring (bicyclic) bond motifs is 1. The van der Waals surface area contributed by atoms with Crippen molar-refractivity contribution >= 4 is 29.5 Å². The molecule has 1 aliphatic heterocycles. The molecule has 9 heteroatoms. The topological polar surface area (TPSA) is 107 Å². The summed E-state index contributed by atoms with van der Waals surface area (Å²) in [7, 11) is 0. The third-order valence-corrected chi connectivity index (χ3v) is 6.47. The van der Waals surface area contributed by atoms with Gasteiger partial charge < -0.3 is 20.3 Å². The molecule has 5 rings (SSSR count). The SMILES string of the molecule is O=C(O)CC1C2CN(c3ncc(-c4cnc(NCCc5ccc(Cl)cc5)nc4)[nH]3)CC12. The number of hydrogen-bond acceptors (Lipinski definition) is 6. The van der Waals surface area contributed by atoms with Crippen molar-refractivity contribution in [2.75, 3.05) is 29.9 Å². The number of H-pyrrole nitrogens is 1. The van der Waals surface area contributed by atoms with Crippen molar-refractivity contribution in [3.05, 3.63) is 53.4 Å². The van der Waals surface area contributed by atoms with Crippen LogP contribution < -0.4 is 10.2 Å². The van der Waals surface area contributed by atoms with Crippen molar-refractivity contribution in [3.63, 3.8) is 0 Å². The Morgan fingerprint density at radius 1 is 1.13 bits per heavy atom. The Kier molecular flexibility index (Phi) is 5.23. The zero-order chi connectivity index (χ0) is 21.4. The third kappa shape index (κ3) is 4.34. The molecule has 8 nitrogen and oxygen atoms in total. The zero-order valence-electron chi connectivity index (χ0n) is 16.8. The monoisotopic (exact) mass is 438 g/mol. The summed E-state index contributed by atoms with van der Waals surface area (Å²) in [5.74, 6) is 1.99. The Bertz CT molecular complexity index is 1060. The van der Waals surface area contributed by atoms with Gasteiger partial charge in [0.2, 0.25) is 11.9 Å². The summed E-state index contributed by atoms with van der Waals surface area (Å²) in [6, 6.07) is 7.81. The van der Waals surface area contributed by atoms with Crippen LogP contribution in [0.4, 0.5) is 11.9 Å². The predicted octanol–water partition coefficient (Wildman–Crippen LogP) is 3.33. The molecule has 1 saturated carbocycles. The van der Waals surface area contributed by atoms with Gasteiger partial charge in [-0.3, -0.25) is 4.79 Å². The predicted molar refractivity (Wildman–Crippen MR) is 118 cm³/mol. The summed E-state index contributed by atoms with van der Waals surface area (Å²) < 4.78 is 0. The van der Waals surface area contributed by atoms with Crippen molar-refractivity contribution in [3.8, 4) is 11.3 Å². The smallest absolute Gasteiger partial charge is 0.303 e. The number of carbonyl (C=O) groups is 1. The summed E-state index contributed by atoms with van der Waals surface area (Å²) in [5.41, 5.74) is 2.94. The van der Waals surface area contributed by atoms with Crippen LogP contribution in [-0.4, -0.2) is 50.6 Å². The molecule has 1 aliphatic carbocycles. The summed E-state index contributed by atoms with van der Waals surface area (Å²) in [4.78, 5) is 29.7. The lowest BCUT2D eigenvalue weighted by molar-refractivity contribution is -0.137. The van der Waals surface area contributed by atoms with E-state index in [-0.39, 0.29) is 6.42 Å². The maximum atomic E-state index is 10.9. The van der Waals surface area contributed by atoms with E-state index in [2.05, 4.69) is 30.2 Å². The number of piperidine rings is 1. The van der Waals surface area contributed by atoms with Crippen LogP contribution in [0.2, 0.25) is 5.02 Å². The summed E-state index contributed by atoms with van der Waals surface area (Å²) in [5, 5.41) is 12.9. The number of aromatic amines is 1. The molecule has 0 bridgehead atoms. The Hall–Kier alpha value is -3.13. The fraction of sp³-hybridized carbons (Fsp3) is 0.364. The van der Waals surface area contributed by atoms with Crippen LogP contribution in [-0.2, 0) is 11.2 Å². The van der Waals surface area contributed by atoms with Gasteiger partial charge in [-0.05, 0) is 41.9 Å². The highest BCUT2D eigenvalue weighted by Crippen LogP contribution is 2.54. The number of carboxylic acids is 1. The fourth-order valence-electron chi connectivity index (χ4n) is 4.47. The number of hydrogen-bond donors (Lipinski definition) is 3. The molecule has 0 spiro atoms. The van der Waals surface area contributed by atoms with E-state index in [1.54, 1.807) is 18.6 Å². The van der Waals surface area contributed by atoms with Gasteiger partial charge in [-0.1, -0.05) is 23.7 Å². The average molecular weight is 439 g/mol. The molecule has 0 radical (unpaired) electrons. The maximum absolute atomic E-state index is 10.9. The van der Waals surface area contributed by atoms with Gasteiger partial charge in [0, 0.05) is 49.0 Å². The van der Waals surface area contributed by atoms with Crippen LogP contribution in [0.15, 0.2) is 42.9 Å². The van der Waals surface area contributed by atoms with Gasteiger partial charge in [-0.15, -0.1) is 0 Å². The minimum atomic E-state index is -0.700. The molecule has 3 aromatic rings. The molecular weight excluding hydrogens is 416 g/mol. The van der Waals surface area contributed by atoms with Gasteiger partial charge in [0.05, 0.1) is 11.9 Å². The molecule has 2 atom stereocenters. The minimum absolute atomic E-state index is 0.282. The van der Waals surface area contributed by atoms with Gasteiger partial charge in [0.1, 0.15) is 0 Å². The number of carboxylic acid groups (broad SMARTS) is 1. The molecule has 1 saturated heterocycles. The van der Waals surface area contributed by atoms with Crippen molar-refractivity contribution in [1.82, 2.24) is 19.9 Å². The van der Waals surface area contributed by atoms with Crippen molar-refractivity contribution in [2.24, 2.45) is 17.8 Å². The van der Waals surface area contributed by atoms with Crippen LogP contribution in [0.25, 0.3) is 11.3 Å². The molecule has 31 heavy (non-hydrogen) atoms. The number of halogens is 1. The molecule has 1 aromatic carbocycles. The second kappa shape index (κ2) is 8.19. The van der Waals surface area contributed by atoms with E-state index in [0.717, 1.165) is 48.3 Å². The van der Waals surface area contributed by atoms with Crippen LogP contribution in [0.3, 0.4) is 0 Å². The summed E-state index contributed by atoms with van der Waals surface area (Å²) in [6.45, 7) is 2.46. The van der Waals surface area contributed by atoms with Gasteiger partial charge in [0.25, 0.3) is 0 Å². The molecule has 0 amide bonds. The molecular formula is C22H23ClN6O2. The lowest BCUT2D eigenvalue weighted by Gasteiger charge is -2.18. The number of nitrogens with zero attached hydrogens (tertiary/aromatic N) is 4. The first kappa shape index (κ1) is 19.8. The maximum Gasteiger partial charge on any atom is 0.303 e. The first-order chi connectivity index (χ1) is 15.1. The van der Waals surface area contributed by atoms with E-state index in [0.29, 0.717) is 23.7 Å². The Morgan fingerprint density at radius 3 is 2.52 bits per heavy atom. The number of imidazole rings is 1. The average Bonchev–Trinajstić information content (AvgIpc) is 3.16. The normalized spacial score (nSPS) is 21.7. The lowest BCUT2D eigenvalue weighted by atomic mass is 10.1. The highest BCUT2D eigenvalue weighted by atomic mass is 35.5. The van der Waals surface area contributed by atoms with Crippen LogP contribution in [0.5, 0.6) is 0 Å². The Labute approximate surface area is 184 Å². The molecule has 160 valence electrons. The summed E-state index contributed by atoms with van der Waals surface area (Å²) in [6.07, 6.45) is 6.49. The Balaban J connectivity index is 1.14. The molecule has 2 fully saturated rings. The lowest BCUT2D eigenvalue weighted by Crippen LogP contribution is -2.25. The van der Waals surface area contributed by atoms with Gasteiger partial charge in [-0.25, -0.2) is 15.0 Å². The molecule has 3 heterocycles. The van der Waals surface area contributed by atoms with Crippen molar-refractivity contribution < 1.29 is 9.90 Å². The van der Waals surface area contributed by atoms with Crippen LogP contribution >= 0.6 is 11.6 Å². The van der Waals surface area contributed by atoms with E-state index in [1.165, 1.54) is 5.56 Å². The molecule has 2 aromatic heterocycles. The van der Waals surface area contributed by atoms with Crippen LogP contribution in [0, 0.1) is 17.8 Å². The molecule has 2 unspecified atom stereocenters. The second-order valence-corrected chi connectivity index (χ2v) is 8.65. The quantitative estimate of drug-likeness (QED) is 0.495. The Morgan fingerprint density at radius 2 is 1.84 bits per heavy atom. The number of rotatable bonds is 8. The van der Waals surface area contributed by atoms with E-state index >= 15 is 0 Å². The largest absolute Gasteiger partial charge is 0.481 e. The van der Waals surface area contributed by atoms with Crippen molar-refractivity contribution in [2.45, 2.75) is 12.8 Å². The standard InChI is InChI=1S/C22H23ClN6O2/c23-15-3-1-13(2-4-15)5-6-24-21-25-8-14(9-26-21)19-10-27-22(28-19)29-11-17-16(7-20(30)31)18(17)12-29/h1-4,8-10,16-18H,5-7,11-12H2,(H,27,28)(H,30,31)(H,24,25,26). The zero-order valence-corrected chi connectivity index (χ0v) is 17.6. The highest BCUT2D eigenvalue weighted by molar-refractivity contribution is 6.30. The van der Waals surface area contributed by atoms with Crippen LogP contribution in [0.1, 0.15) is 12.0 Å². The first-order valence-electron chi connectivity index (χ1n) is 10.4. The van der Waals surface area contributed by atoms with Gasteiger partial charge in [-0.2, -0.15) is 0 Å². The first-order valence-corrected chi connectivity index (χ1v) is 10.8. The van der Waals surface area contributed by atoms with E-state index in [1.807, 2.05) is 24.3 Å². The second-order valence-electron chi connectivity index (χ2n) is 8.21. The van der Waals surface area contributed by atoms with E-state index in [4.69, 9.17) is 16.7 Å². The van der Waals surface area contributed by atoms with E-state index in [9.17, 15) is 4.79 Å². The number of aromatic nitrogens is 4. The number of aliphatic carboxylic acids is 1. The molecule has 2 aliphatic rings. The van der Waals surface area contributed by atoms with E-state index < -0.39 is 5.97 Å². The third-order valence-electron chi connectivity index (χ3n) is 6.22. The summed E-state index contributed by atoms with van der Waals surface area (Å²) >= 11 is 5.91. The van der Waals surface area contributed by atoms with Gasteiger partial charge >= 0.3 is 5.97 Å².